The minimum absolute atomic E-state index is 0.00334. The molecule has 1 saturated heterocycles. The van der Waals surface area contributed by atoms with Crippen LogP contribution in [0.15, 0.2) is 34.9 Å². The van der Waals surface area contributed by atoms with Gasteiger partial charge in [0.1, 0.15) is 6.10 Å². The predicted molar refractivity (Wildman–Crippen MR) is 111 cm³/mol. The zero-order valence-electron chi connectivity index (χ0n) is 16.4. The van der Waals surface area contributed by atoms with Gasteiger partial charge in [0.2, 0.25) is 0 Å². The van der Waals surface area contributed by atoms with Gasteiger partial charge in [0.05, 0.1) is 24.2 Å². The van der Waals surface area contributed by atoms with E-state index in [0.717, 1.165) is 42.5 Å². The quantitative estimate of drug-likeness (QED) is 0.416. The number of nitrogens with one attached hydrogen (secondary N) is 2. The van der Waals surface area contributed by atoms with Crippen molar-refractivity contribution >= 4 is 23.2 Å². The first-order valence-corrected chi connectivity index (χ1v) is 10.5. The Morgan fingerprint density at radius 1 is 1.46 bits per heavy atom. The molecule has 1 aliphatic heterocycles. The lowest BCUT2D eigenvalue weighted by Crippen LogP contribution is -2.48. The first-order chi connectivity index (χ1) is 13.7. The smallest absolute Gasteiger partial charge is 0.261 e. The Kier molecular flexibility index (Phi) is 7.44. The summed E-state index contributed by atoms with van der Waals surface area (Å²) in [6.45, 7) is 6.34. The number of carbonyl (C=O) groups excluding carboxylic acids is 1. The summed E-state index contributed by atoms with van der Waals surface area (Å²) in [6.07, 6.45) is 4.64. The molecule has 1 aliphatic rings. The van der Waals surface area contributed by atoms with Crippen molar-refractivity contribution in [2.45, 2.75) is 19.4 Å². The highest BCUT2D eigenvalue weighted by Gasteiger charge is 2.25. The third kappa shape index (κ3) is 5.56. The average molecular weight is 405 g/mol. The van der Waals surface area contributed by atoms with E-state index in [1.54, 1.807) is 4.68 Å². The molecule has 8 nitrogen and oxygen atoms in total. The maximum absolute atomic E-state index is 11.9. The zero-order valence-corrected chi connectivity index (χ0v) is 17.2. The molecule has 152 valence electrons. The molecule has 1 amide bonds. The van der Waals surface area contributed by atoms with Crippen LogP contribution in [0.4, 0.5) is 0 Å². The fraction of sp³-hybridized carbons (Fsp3) is 0.526. The lowest BCUT2D eigenvalue weighted by Gasteiger charge is -2.34. The molecule has 2 N–H and O–H groups in total. The number of thiophene rings is 1. The molecule has 0 aromatic carbocycles. The molecule has 1 fully saturated rings. The molecule has 1 atom stereocenters. The molecular weight excluding hydrogens is 376 g/mol. The van der Waals surface area contributed by atoms with E-state index < -0.39 is 0 Å². The lowest BCUT2D eigenvalue weighted by molar-refractivity contribution is -0.00804. The van der Waals surface area contributed by atoms with Crippen LogP contribution in [0.1, 0.15) is 34.7 Å². The van der Waals surface area contributed by atoms with E-state index in [0.29, 0.717) is 19.7 Å². The van der Waals surface area contributed by atoms with Crippen LogP contribution < -0.4 is 10.6 Å². The van der Waals surface area contributed by atoms with Crippen LogP contribution in [0.25, 0.3) is 0 Å². The van der Waals surface area contributed by atoms with E-state index in [4.69, 9.17) is 9.73 Å². The van der Waals surface area contributed by atoms with Gasteiger partial charge < -0.3 is 20.3 Å². The van der Waals surface area contributed by atoms with Crippen LogP contribution in [0, 0.1) is 0 Å². The molecular formula is C19H28N6O2S. The number of aliphatic imine (C=N–C) groups is 1. The molecule has 0 radical (unpaired) electrons. The normalized spacial score (nSPS) is 17.6. The fourth-order valence-corrected chi connectivity index (χ4v) is 3.68. The van der Waals surface area contributed by atoms with Gasteiger partial charge in [-0.25, -0.2) is 0 Å². The van der Waals surface area contributed by atoms with Crippen LogP contribution in [0.2, 0.25) is 0 Å². The summed E-state index contributed by atoms with van der Waals surface area (Å²) in [6, 6.07) is 3.71. The SMILES string of the molecule is CCNC(=NCCCNC(=O)c1cccs1)N1CCOC(c2cnn(C)c2)C1. The number of morpholine rings is 1. The van der Waals surface area contributed by atoms with E-state index in [1.165, 1.54) is 11.3 Å². The number of hydrogen-bond acceptors (Lipinski definition) is 5. The lowest BCUT2D eigenvalue weighted by atomic mass is 10.1. The summed E-state index contributed by atoms with van der Waals surface area (Å²) in [5.74, 6) is 0.877. The van der Waals surface area contributed by atoms with Gasteiger partial charge in [-0.15, -0.1) is 11.3 Å². The van der Waals surface area contributed by atoms with Crippen LogP contribution in [-0.2, 0) is 11.8 Å². The second kappa shape index (κ2) is 10.2. The van der Waals surface area contributed by atoms with Gasteiger partial charge in [0.15, 0.2) is 5.96 Å². The number of carbonyl (C=O) groups is 1. The summed E-state index contributed by atoms with van der Waals surface area (Å²) >= 11 is 1.45. The van der Waals surface area contributed by atoms with Gasteiger partial charge in [-0.05, 0) is 24.8 Å². The minimum atomic E-state index is -0.0154. The molecule has 0 saturated carbocycles. The number of guanidine groups is 1. The van der Waals surface area contributed by atoms with Crippen LogP contribution in [-0.4, -0.2) is 65.9 Å². The number of ether oxygens (including phenoxy) is 1. The van der Waals surface area contributed by atoms with Gasteiger partial charge in [0.25, 0.3) is 5.91 Å². The molecule has 0 aliphatic carbocycles. The third-order valence-corrected chi connectivity index (χ3v) is 5.29. The van der Waals surface area contributed by atoms with Crippen molar-refractivity contribution in [1.82, 2.24) is 25.3 Å². The van der Waals surface area contributed by atoms with E-state index in [-0.39, 0.29) is 12.0 Å². The molecule has 3 heterocycles. The standard InChI is InChI=1S/C19H28N6O2S/c1-3-20-19(22-8-5-7-21-18(26)17-6-4-11-28-17)25-9-10-27-16(14-25)15-12-23-24(2)13-15/h4,6,11-13,16H,3,5,7-10,14H2,1-2H3,(H,20,22)(H,21,26). The highest BCUT2D eigenvalue weighted by Crippen LogP contribution is 2.21. The Hall–Kier alpha value is -2.39. The van der Waals surface area contributed by atoms with E-state index in [2.05, 4.69) is 27.6 Å². The highest BCUT2D eigenvalue weighted by atomic mass is 32.1. The molecule has 0 bridgehead atoms. The topological polar surface area (TPSA) is 83.8 Å². The molecule has 3 rings (SSSR count). The average Bonchev–Trinajstić information content (AvgIpc) is 3.39. The third-order valence-electron chi connectivity index (χ3n) is 4.42. The number of aryl methyl sites for hydroxylation is 1. The van der Waals surface area contributed by atoms with Gasteiger partial charge in [0, 0.05) is 45.0 Å². The van der Waals surface area contributed by atoms with Crippen molar-refractivity contribution in [3.05, 3.63) is 40.3 Å². The van der Waals surface area contributed by atoms with Gasteiger partial charge >= 0.3 is 0 Å². The van der Waals surface area contributed by atoms with Crippen molar-refractivity contribution in [3.63, 3.8) is 0 Å². The number of nitrogens with zero attached hydrogens (tertiary/aromatic N) is 4. The molecule has 9 heteroatoms. The minimum Gasteiger partial charge on any atom is -0.370 e. The maximum atomic E-state index is 11.9. The molecule has 1 unspecified atom stereocenters. The summed E-state index contributed by atoms with van der Waals surface area (Å²) in [7, 11) is 1.91. The second-order valence-corrected chi connectivity index (χ2v) is 7.52. The zero-order chi connectivity index (χ0) is 19.8. The second-order valence-electron chi connectivity index (χ2n) is 6.58. The summed E-state index contributed by atoms with van der Waals surface area (Å²) in [5.41, 5.74) is 1.08. The Balaban J connectivity index is 1.49. The van der Waals surface area contributed by atoms with Crippen molar-refractivity contribution in [3.8, 4) is 0 Å². The van der Waals surface area contributed by atoms with Crippen molar-refractivity contribution in [1.29, 1.82) is 0 Å². The monoisotopic (exact) mass is 404 g/mol. The summed E-state index contributed by atoms with van der Waals surface area (Å²) in [4.78, 5) is 19.7. The van der Waals surface area contributed by atoms with Gasteiger partial charge in [-0.3, -0.25) is 14.5 Å². The van der Waals surface area contributed by atoms with E-state index in [9.17, 15) is 4.79 Å². The number of rotatable bonds is 7. The maximum Gasteiger partial charge on any atom is 0.261 e. The van der Waals surface area contributed by atoms with Crippen LogP contribution in [0.5, 0.6) is 0 Å². The first-order valence-electron chi connectivity index (χ1n) is 9.62. The first kappa shape index (κ1) is 20.3. The Morgan fingerprint density at radius 2 is 2.36 bits per heavy atom. The Bertz CT molecular complexity index is 773. The molecule has 28 heavy (non-hydrogen) atoms. The van der Waals surface area contributed by atoms with E-state index in [1.807, 2.05) is 37.0 Å². The Morgan fingerprint density at radius 3 is 3.07 bits per heavy atom. The van der Waals surface area contributed by atoms with Crippen molar-refractivity contribution in [2.75, 3.05) is 39.3 Å². The largest absolute Gasteiger partial charge is 0.370 e. The number of amides is 1. The number of aromatic nitrogens is 2. The van der Waals surface area contributed by atoms with E-state index >= 15 is 0 Å². The predicted octanol–water partition coefficient (Wildman–Crippen LogP) is 1.64. The van der Waals surface area contributed by atoms with Gasteiger partial charge in [-0.2, -0.15) is 5.10 Å². The summed E-state index contributed by atoms with van der Waals surface area (Å²) in [5, 5.41) is 12.5. The van der Waals surface area contributed by atoms with Crippen molar-refractivity contribution < 1.29 is 9.53 Å². The molecule has 2 aromatic heterocycles. The van der Waals surface area contributed by atoms with Crippen molar-refractivity contribution in [2.24, 2.45) is 12.0 Å². The highest BCUT2D eigenvalue weighted by molar-refractivity contribution is 7.12. The van der Waals surface area contributed by atoms with Crippen LogP contribution >= 0.6 is 11.3 Å². The van der Waals surface area contributed by atoms with Crippen LogP contribution in [0.3, 0.4) is 0 Å². The fourth-order valence-electron chi connectivity index (χ4n) is 3.04. The molecule has 2 aromatic rings. The van der Waals surface area contributed by atoms with Gasteiger partial charge in [-0.1, -0.05) is 6.07 Å². The molecule has 0 spiro atoms. The number of hydrogen-bond donors (Lipinski definition) is 2. The Labute approximate surface area is 169 Å². The summed E-state index contributed by atoms with van der Waals surface area (Å²) < 4.78 is 7.71.